The van der Waals surface area contributed by atoms with Crippen molar-refractivity contribution in [2.45, 2.75) is 30.7 Å². The molecule has 1 rings (SSSR count). The molecular weight excluding hydrogens is 236 g/mol. The predicted octanol–water partition coefficient (Wildman–Crippen LogP) is -3.02. The Bertz CT molecular complexity index is 255. The van der Waals surface area contributed by atoms with E-state index in [9.17, 15) is 20.1 Å². The van der Waals surface area contributed by atoms with Crippen LogP contribution in [0.5, 0.6) is 0 Å². The second kappa shape index (κ2) is 6.24. The molecule has 1 aliphatic rings. The number of carbonyl (C=O) groups is 1. The Balaban J connectivity index is 2.56. The second-order valence-electron chi connectivity index (χ2n) is 3.58. The van der Waals surface area contributed by atoms with Gasteiger partial charge < -0.3 is 34.6 Å². The standard InChI is InChI=1S/C9H16O8/c1-15-5(11)3-16-9-8(14)7(13)6(12)4(2-10)17-9/h4,6-10,12-14H,2-3H2,1H3/t4?,6-,7+,8?,9+/m1/s1. The van der Waals surface area contributed by atoms with Gasteiger partial charge in [-0.15, -0.1) is 0 Å². The SMILES string of the molecule is COC(=O)CO[C@H]1OC(CO)[C@@H](O)[C@H](O)C1O. The van der Waals surface area contributed by atoms with Gasteiger partial charge in [-0.1, -0.05) is 0 Å². The summed E-state index contributed by atoms with van der Waals surface area (Å²) in [4.78, 5) is 10.8. The van der Waals surface area contributed by atoms with Crippen molar-refractivity contribution in [1.82, 2.24) is 0 Å². The van der Waals surface area contributed by atoms with Crippen LogP contribution < -0.4 is 0 Å². The molecule has 0 amide bonds. The Kier molecular flexibility index (Phi) is 5.25. The molecule has 0 aromatic heterocycles. The number of aliphatic hydroxyl groups excluding tert-OH is 4. The molecule has 0 aromatic carbocycles. The number of hydrogen-bond donors (Lipinski definition) is 4. The first kappa shape index (κ1) is 14.3. The maximum absolute atomic E-state index is 10.8. The Morgan fingerprint density at radius 2 is 1.88 bits per heavy atom. The molecule has 5 atom stereocenters. The minimum absolute atomic E-state index is 0.473. The van der Waals surface area contributed by atoms with E-state index in [4.69, 9.17) is 14.6 Å². The second-order valence-corrected chi connectivity index (χ2v) is 3.58. The fourth-order valence-electron chi connectivity index (χ4n) is 1.41. The Morgan fingerprint density at radius 1 is 1.24 bits per heavy atom. The summed E-state index contributed by atoms with van der Waals surface area (Å²) in [5.41, 5.74) is 0. The summed E-state index contributed by atoms with van der Waals surface area (Å²) < 4.78 is 14.2. The van der Waals surface area contributed by atoms with Crippen LogP contribution in [0.2, 0.25) is 0 Å². The highest BCUT2D eigenvalue weighted by Gasteiger charge is 2.44. The number of esters is 1. The van der Waals surface area contributed by atoms with Crippen LogP contribution in [-0.2, 0) is 19.0 Å². The molecule has 17 heavy (non-hydrogen) atoms. The van der Waals surface area contributed by atoms with Crippen molar-refractivity contribution in [3.05, 3.63) is 0 Å². The van der Waals surface area contributed by atoms with Crippen molar-refractivity contribution in [1.29, 1.82) is 0 Å². The van der Waals surface area contributed by atoms with E-state index in [1.54, 1.807) is 0 Å². The van der Waals surface area contributed by atoms with Crippen LogP contribution in [0.3, 0.4) is 0 Å². The summed E-state index contributed by atoms with van der Waals surface area (Å²) in [6.45, 7) is -1.03. The van der Waals surface area contributed by atoms with Gasteiger partial charge >= 0.3 is 5.97 Å². The van der Waals surface area contributed by atoms with Crippen molar-refractivity contribution in [3.8, 4) is 0 Å². The summed E-state index contributed by atoms with van der Waals surface area (Å²) in [7, 11) is 1.17. The van der Waals surface area contributed by atoms with Gasteiger partial charge in [0, 0.05) is 0 Å². The van der Waals surface area contributed by atoms with Crippen LogP contribution in [-0.4, -0.2) is 77.4 Å². The molecule has 1 saturated heterocycles. The first-order valence-electron chi connectivity index (χ1n) is 5.00. The van der Waals surface area contributed by atoms with Gasteiger partial charge in [0.05, 0.1) is 13.7 Å². The third-order valence-electron chi connectivity index (χ3n) is 2.44. The van der Waals surface area contributed by atoms with Gasteiger partial charge in [0.25, 0.3) is 0 Å². The molecule has 2 unspecified atom stereocenters. The quantitative estimate of drug-likeness (QED) is 0.389. The van der Waals surface area contributed by atoms with Crippen LogP contribution in [0.25, 0.3) is 0 Å². The summed E-state index contributed by atoms with van der Waals surface area (Å²) in [6.07, 6.45) is -6.87. The van der Waals surface area contributed by atoms with Crippen LogP contribution in [0.4, 0.5) is 0 Å². The molecule has 0 spiro atoms. The van der Waals surface area contributed by atoms with Crippen LogP contribution in [0.1, 0.15) is 0 Å². The monoisotopic (exact) mass is 252 g/mol. The van der Waals surface area contributed by atoms with Gasteiger partial charge in [-0.25, -0.2) is 4.79 Å². The highest BCUT2D eigenvalue weighted by atomic mass is 16.7. The van der Waals surface area contributed by atoms with E-state index in [1.165, 1.54) is 7.11 Å². The minimum Gasteiger partial charge on any atom is -0.467 e. The maximum atomic E-state index is 10.8. The molecule has 1 aliphatic heterocycles. The lowest BCUT2D eigenvalue weighted by Gasteiger charge is -2.39. The summed E-state index contributed by atoms with van der Waals surface area (Å²) in [5.74, 6) is -0.679. The average molecular weight is 252 g/mol. The largest absolute Gasteiger partial charge is 0.467 e. The molecule has 100 valence electrons. The van der Waals surface area contributed by atoms with Gasteiger partial charge in [0.15, 0.2) is 6.29 Å². The highest BCUT2D eigenvalue weighted by Crippen LogP contribution is 2.21. The molecule has 1 fully saturated rings. The number of rotatable bonds is 4. The van der Waals surface area contributed by atoms with Crippen molar-refractivity contribution in [2.75, 3.05) is 20.3 Å². The van der Waals surface area contributed by atoms with E-state index in [2.05, 4.69) is 4.74 Å². The van der Waals surface area contributed by atoms with Gasteiger partial charge in [-0.2, -0.15) is 0 Å². The molecule has 0 bridgehead atoms. The van der Waals surface area contributed by atoms with Crippen LogP contribution in [0, 0.1) is 0 Å². The topological polar surface area (TPSA) is 126 Å². The zero-order valence-electron chi connectivity index (χ0n) is 9.22. The van der Waals surface area contributed by atoms with E-state index < -0.39 is 49.9 Å². The van der Waals surface area contributed by atoms with Crippen molar-refractivity contribution >= 4 is 5.97 Å². The van der Waals surface area contributed by atoms with E-state index >= 15 is 0 Å². The smallest absolute Gasteiger partial charge is 0.331 e. The Morgan fingerprint density at radius 3 is 2.41 bits per heavy atom. The lowest BCUT2D eigenvalue weighted by atomic mass is 9.99. The number of aliphatic hydroxyl groups is 4. The molecule has 0 radical (unpaired) electrons. The fraction of sp³-hybridized carbons (Fsp3) is 0.889. The molecule has 0 aliphatic carbocycles. The molecule has 8 nitrogen and oxygen atoms in total. The van der Waals surface area contributed by atoms with E-state index in [-0.39, 0.29) is 0 Å². The number of methoxy groups -OCH3 is 1. The van der Waals surface area contributed by atoms with E-state index in [1.807, 2.05) is 0 Å². The molecule has 1 heterocycles. The number of hydrogen-bond acceptors (Lipinski definition) is 8. The van der Waals surface area contributed by atoms with Crippen molar-refractivity contribution in [2.24, 2.45) is 0 Å². The van der Waals surface area contributed by atoms with E-state index in [0.717, 1.165) is 0 Å². The molecule has 4 N–H and O–H groups in total. The zero-order valence-corrected chi connectivity index (χ0v) is 9.22. The first-order chi connectivity index (χ1) is 8.01. The first-order valence-corrected chi connectivity index (χ1v) is 5.00. The van der Waals surface area contributed by atoms with Crippen molar-refractivity contribution < 1.29 is 39.4 Å². The van der Waals surface area contributed by atoms with Crippen LogP contribution >= 0.6 is 0 Å². The van der Waals surface area contributed by atoms with Gasteiger partial charge in [0.1, 0.15) is 31.0 Å². The van der Waals surface area contributed by atoms with E-state index in [0.29, 0.717) is 0 Å². The van der Waals surface area contributed by atoms with Crippen molar-refractivity contribution in [3.63, 3.8) is 0 Å². The Hall–Kier alpha value is -0.770. The Labute approximate surface area is 97.3 Å². The summed E-state index contributed by atoms with van der Waals surface area (Å²) >= 11 is 0. The summed E-state index contributed by atoms with van der Waals surface area (Å²) in [5, 5.41) is 37.3. The number of carbonyl (C=O) groups excluding carboxylic acids is 1. The van der Waals surface area contributed by atoms with Gasteiger partial charge in [-0.3, -0.25) is 0 Å². The zero-order chi connectivity index (χ0) is 13.0. The minimum atomic E-state index is -1.52. The molecule has 0 aromatic rings. The normalized spacial score (nSPS) is 37.8. The van der Waals surface area contributed by atoms with Gasteiger partial charge in [0.2, 0.25) is 0 Å². The molecular formula is C9H16O8. The average Bonchev–Trinajstić information content (AvgIpc) is 2.34. The third-order valence-corrected chi connectivity index (χ3v) is 2.44. The predicted molar refractivity (Wildman–Crippen MR) is 51.7 cm³/mol. The lowest BCUT2D eigenvalue weighted by molar-refractivity contribution is -0.300. The molecule has 0 saturated carbocycles. The van der Waals surface area contributed by atoms with Gasteiger partial charge in [-0.05, 0) is 0 Å². The number of ether oxygens (including phenoxy) is 3. The summed E-state index contributed by atoms with van der Waals surface area (Å²) in [6, 6.07) is 0. The lowest BCUT2D eigenvalue weighted by Crippen LogP contribution is -2.59. The third kappa shape index (κ3) is 3.35. The maximum Gasteiger partial charge on any atom is 0.331 e. The highest BCUT2D eigenvalue weighted by molar-refractivity contribution is 5.70. The van der Waals surface area contributed by atoms with Crippen LogP contribution in [0.15, 0.2) is 0 Å². The fourth-order valence-corrected chi connectivity index (χ4v) is 1.41. The molecule has 8 heteroatoms.